The average Bonchev–Trinajstić information content (AvgIpc) is 2.44. The summed E-state index contributed by atoms with van der Waals surface area (Å²) in [6.07, 6.45) is 1.39. The van der Waals surface area contributed by atoms with Crippen LogP contribution >= 0.6 is 12.4 Å². The summed E-state index contributed by atoms with van der Waals surface area (Å²) in [7, 11) is 0. The van der Waals surface area contributed by atoms with Gasteiger partial charge in [0.1, 0.15) is 0 Å². The summed E-state index contributed by atoms with van der Waals surface area (Å²) in [4.78, 5) is 11.9. The number of anilines is 1. The molecule has 1 unspecified atom stereocenters. The van der Waals surface area contributed by atoms with E-state index in [0.29, 0.717) is 26.1 Å². The Morgan fingerprint density at radius 3 is 2.65 bits per heavy atom. The molecule has 1 aliphatic heterocycles. The number of benzene rings is 1. The van der Waals surface area contributed by atoms with Crippen molar-refractivity contribution in [3.63, 3.8) is 0 Å². The molecule has 1 amide bonds. The first-order valence-electron chi connectivity index (χ1n) is 6.18. The molecule has 1 aliphatic rings. The number of ether oxygens (including phenoxy) is 1. The Kier molecular flexibility index (Phi) is 6.32. The van der Waals surface area contributed by atoms with E-state index in [2.05, 4.69) is 5.32 Å². The quantitative estimate of drug-likeness (QED) is 0.898. The lowest BCUT2D eigenvalue weighted by molar-refractivity contribution is -0.119. The molecular formula is C13H17ClF2N2O2. The molecule has 3 N–H and O–H groups in total. The average molecular weight is 307 g/mol. The minimum atomic E-state index is -1.07. The highest BCUT2D eigenvalue weighted by atomic mass is 35.5. The predicted molar refractivity (Wildman–Crippen MR) is 73.8 cm³/mol. The normalized spacial score (nSPS) is 17.1. The maximum Gasteiger partial charge on any atom is 0.241 e. The molecule has 0 aromatic heterocycles. The van der Waals surface area contributed by atoms with Crippen LogP contribution in [0.2, 0.25) is 0 Å². The second-order valence-electron chi connectivity index (χ2n) is 4.57. The molecule has 0 spiro atoms. The van der Waals surface area contributed by atoms with E-state index in [9.17, 15) is 13.6 Å². The summed E-state index contributed by atoms with van der Waals surface area (Å²) in [5.41, 5.74) is 5.66. The van der Waals surface area contributed by atoms with Gasteiger partial charge in [-0.1, -0.05) is 6.07 Å². The van der Waals surface area contributed by atoms with Crippen LogP contribution in [0.1, 0.15) is 12.8 Å². The van der Waals surface area contributed by atoms with Crippen LogP contribution in [0.25, 0.3) is 0 Å². The lowest BCUT2D eigenvalue weighted by Crippen LogP contribution is -2.44. The Hall–Kier alpha value is -1.24. The molecule has 1 aromatic rings. The summed E-state index contributed by atoms with van der Waals surface area (Å²) < 4.78 is 31.6. The Morgan fingerprint density at radius 2 is 2.00 bits per heavy atom. The van der Waals surface area contributed by atoms with Gasteiger partial charge in [0.25, 0.3) is 0 Å². The number of rotatable bonds is 3. The van der Waals surface area contributed by atoms with E-state index in [1.165, 1.54) is 12.1 Å². The van der Waals surface area contributed by atoms with Crippen LogP contribution in [0.15, 0.2) is 18.2 Å². The van der Waals surface area contributed by atoms with Crippen molar-refractivity contribution in [3.05, 3.63) is 29.8 Å². The molecule has 7 heteroatoms. The van der Waals surface area contributed by atoms with Gasteiger partial charge in [-0.3, -0.25) is 4.79 Å². The van der Waals surface area contributed by atoms with E-state index in [1.807, 2.05) is 0 Å². The molecule has 1 fully saturated rings. The maximum atomic E-state index is 13.4. The number of carbonyl (C=O) groups excluding carboxylic acids is 1. The minimum Gasteiger partial charge on any atom is -0.381 e. The zero-order valence-electron chi connectivity index (χ0n) is 10.8. The van der Waals surface area contributed by atoms with Gasteiger partial charge >= 0.3 is 0 Å². The van der Waals surface area contributed by atoms with Gasteiger partial charge in [0.05, 0.1) is 11.7 Å². The SMILES string of the molecule is Cl.NC(C(=O)Nc1cccc(F)c1F)C1CCOCC1. The third-order valence-electron chi connectivity index (χ3n) is 3.29. The molecule has 4 nitrogen and oxygen atoms in total. The van der Waals surface area contributed by atoms with Gasteiger partial charge in [0, 0.05) is 13.2 Å². The minimum absolute atomic E-state index is 0. The molecule has 1 heterocycles. The standard InChI is InChI=1S/C13H16F2N2O2.ClH/c14-9-2-1-3-10(11(9)15)17-13(18)12(16)8-4-6-19-7-5-8;/h1-3,8,12H,4-7,16H2,(H,17,18);1H. The van der Waals surface area contributed by atoms with Gasteiger partial charge in [-0.25, -0.2) is 8.78 Å². The topological polar surface area (TPSA) is 64.4 Å². The molecule has 1 atom stereocenters. The summed E-state index contributed by atoms with van der Waals surface area (Å²) in [6, 6.07) is 2.87. The monoisotopic (exact) mass is 306 g/mol. The van der Waals surface area contributed by atoms with Crippen LogP contribution < -0.4 is 11.1 Å². The van der Waals surface area contributed by atoms with Crippen LogP contribution in [0.4, 0.5) is 14.5 Å². The van der Waals surface area contributed by atoms with E-state index >= 15 is 0 Å². The van der Waals surface area contributed by atoms with Crippen LogP contribution in [0.5, 0.6) is 0 Å². The van der Waals surface area contributed by atoms with Crippen molar-refractivity contribution >= 4 is 24.0 Å². The molecule has 112 valence electrons. The van der Waals surface area contributed by atoms with Crippen molar-refractivity contribution in [1.29, 1.82) is 0 Å². The summed E-state index contributed by atoms with van der Waals surface area (Å²) in [5.74, 6) is -2.57. The fraction of sp³-hybridized carbons (Fsp3) is 0.462. The molecule has 0 bridgehead atoms. The molecule has 1 saturated heterocycles. The fourth-order valence-electron chi connectivity index (χ4n) is 2.11. The van der Waals surface area contributed by atoms with Crippen LogP contribution in [-0.2, 0) is 9.53 Å². The summed E-state index contributed by atoms with van der Waals surface area (Å²) in [5, 5.41) is 2.33. The van der Waals surface area contributed by atoms with Gasteiger partial charge in [-0.2, -0.15) is 0 Å². The van der Waals surface area contributed by atoms with Gasteiger partial charge in [-0.15, -0.1) is 12.4 Å². The summed E-state index contributed by atoms with van der Waals surface area (Å²) >= 11 is 0. The lowest BCUT2D eigenvalue weighted by Gasteiger charge is -2.26. The van der Waals surface area contributed by atoms with Gasteiger partial charge in [-0.05, 0) is 30.9 Å². The number of nitrogens with one attached hydrogen (secondary N) is 1. The van der Waals surface area contributed by atoms with Gasteiger partial charge < -0.3 is 15.8 Å². The first-order valence-corrected chi connectivity index (χ1v) is 6.18. The molecule has 1 aromatic carbocycles. The maximum absolute atomic E-state index is 13.4. The van der Waals surface area contributed by atoms with E-state index in [-0.39, 0.29) is 24.0 Å². The number of halogens is 3. The molecule has 20 heavy (non-hydrogen) atoms. The fourth-order valence-corrected chi connectivity index (χ4v) is 2.11. The van der Waals surface area contributed by atoms with Crippen molar-refractivity contribution in [3.8, 4) is 0 Å². The Morgan fingerprint density at radius 1 is 1.35 bits per heavy atom. The zero-order valence-corrected chi connectivity index (χ0v) is 11.6. The Bertz CT molecular complexity index is 468. The van der Waals surface area contributed by atoms with Crippen LogP contribution in [0.3, 0.4) is 0 Å². The highest BCUT2D eigenvalue weighted by Crippen LogP contribution is 2.20. The zero-order chi connectivity index (χ0) is 13.8. The Labute approximate surface area is 122 Å². The van der Waals surface area contributed by atoms with Crippen molar-refractivity contribution in [2.75, 3.05) is 18.5 Å². The number of nitrogens with two attached hydrogens (primary N) is 1. The highest BCUT2D eigenvalue weighted by molar-refractivity contribution is 5.95. The first-order chi connectivity index (χ1) is 9.09. The molecule has 0 radical (unpaired) electrons. The number of amides is 1. The largest absolute Gasteiger partial charge is 0.381 e. The third kappa shape index (κ3) is 3.88. The van der Waals surface area contributed by atoms with Gasteiger partial charge in [0.15, 0.2) is 11.6 Å². The van der Waals surface area contributed by atoms with Crippen molar-refractivity contribution < 1.29 is 18.3 Å². The van der Waals surface area contributed by atoms with E-state index in [1.54, 1.807) is 0 Å². The second kappa shape index (κ2) is 7.52. The van der Waals surface area contributed by atoms with E-state index < -0.39 is 23.6 Å². The molecule has 0 saturated carbocycles. The van der Waals surface area contributed by atoms with E-state index in [0.717, 1.165) is 6.07 Å². The number of hydrogen-bond donors (Lipinski definition) is 2. The molecule has 2 rings (SSSR count). The summed E-state index contributed by atoms with van der Waals surface area (Å²) in [6.45, 7) is 1.14. The van der Waals surface area contributed by atoms with Crippen molar-refractivity contribution in [2.24, 2.45) is 11.7 Å². The lowest BCUT2D eigenvalue weighted by atomic mass is 9.92. The third-order valence-corrected chi connectivity index (χ3v) is 3.29. The van der Waals surface area contributed by atoms with Crippen molar-refractivity contribution in [2.45, 2.75) is 18.9 Å². The van der Waals surface area contributed by atoms with Crippen molar-refractivity contribution in [1.82, 2.24) is 0 Å². The number of carbonyl (C=O) groups is 1. The molecular weight excluding hydrogens is 290 g/mol. The van der Waals surface area contributed by atoms with Crippen LogP contribution in [-0.4, -0.2) is 25.2 Å². The number of hydrogen-bond acceptors (Lipinski definition) is 3. The smallest absolute Gasteiger partial charge is 0.241 e. The predicted octanol–water partition coefficient (Wildman–Crippen LogP) is 2.08. The second-order valence-corrected chi connectivity index (χ2v) is 4.57. The Balaban J connectivity index is 0.00000200. The van der Waals surface area contributed by atoms with Gasteiger partial charge in [0.2, 0.25) is 5.91 Å². The van der Waals surface area contributed by atoms with Crippen LogP contribution in [0, 0.1) is 17.6 Å². The molecule has 0 aliphatic carbocycles. The van der Waals surface area contributed by atoms with E-state index in [4.69, 9.17) is 10.5 Å². The highest BCUT2D eigenvalue weighted by Gasteiger charge is 2.27. The first kappa shape index (κ1) is 16.8.